The first-order valence-electron chi connectivity index (χ1n) is 4.76. The minimum absolute atomic E-state index is 0.118. The number of carboxylic acids is 1. The van der Waals surface area contributed by atoms with E-state index in [-0.39, 0.29) is 23.3 Å². The number of aromatic hydroxyl groups is 1. The summed E-state index contributed by atoms with van der Waals surface area (Å²) >= 11 is 0. The number of nitriles is 1. The molecule has 0 bridgehead atoms. The minimum Gasteiger partial charge on any atom is -0.508 e. The number of phenolic OH excluding ortho intramolecular Hbond substituents is 1. The number of hydrogen-bond acceptors (Lipinski definition) is 5. The van der Waals surface area contributed by atoms with Crippen molar-refractivity contribution >= 4 is 5.97 Å². The van der Waals surface area contributed by atoms with Crippen LogP contribution in [0.25, 0.3) is 0 Å². The molecule has 90 valence electrons. The van der Waals surface area contributed by atoms with Gasteiger partial charge in [0.2, 0.25) is 0 Å². The molecule has 2 unspecified atom stereocenters. The second-order valence-electron chi connectivity index (χ2n) is 3.45. The lowest BCUT2D eigenvalue weighted by Crippen LogP contribution is -2.18. The number of carboxylic acid groups (broad SMARTS) is 1. The van der Waals surface area contributed by atoms with Gasteiger partial charge in [-0.3, -0.25) is 0 Å². The van der Waals surface area contributed by atoms with Gasteiger partial charge in [-0.15, -0.1) is 0 Å². The summed E-state index contributed by atoms with van der Waals surface area (Å²) in [6, 6.07) is 5.01. The van der Waals surface area contributed by atoms with Crippen LogP contribution in [0.3, 0.4) is 0 Å². The first kappa shape index (κ1) is 13.0. The lowest BCUT2D eigenvalue weighted by Gasteiger charge is -2.17. The van der Waals surface area contributed by atoms with Gasteiger partial charge in [0, 0.05) is 5.56 Å². The minimum atomic E-state index is -1.51. The number of benzene rings is 1. The summed E-state index contributed by atoms with van der Waals surface area (Å²) in [5.74, 6) is -1.55. The van der Waals surface area contributed by atoms with Crippen molar-refractivity contribution in [1.82, 2.24) is 0 Å². The summed E-state index contributed by atoms with van der Waals surface area (Å²) in [7, 11) is 0. The number of carbonyl (C=O) groups is 1. The number of rotatable bonds is 4. The van der Waals surface area contributed by atoms with E-state index in [2.05, 4.69) is 0 Å². The van der Waals surface area contributed by atoms with E-state index in [0.29, 0.717) is 0 Å². The molecule has 0 aliphatic heterocycles. The van der Waals surface area contributed by atoms with Gasteiger partial charge < -0.3 is 20.4 Å². The van der Waals surface area contributed by atoms with Crippen molar-refractivity contribution in [2.24, 2.45) is 0 Å². The second kappa shape index (κ2) is 5.30. The monoisotopic (exact) mass is 237 g/mol. The molecule has 0 heterocycles. The van der Waals surface area contributed by atoms with Gasteiger partial charge in [-0.1, -0.05) is 0 Å². The van der Waals surface area contributed by atoms with Crippen molar-refractivity contribution < 1.29 is 25.2 Å². The fraction of sp³-hybridized carbons (Fsp3) is 0.273. The molecule has 1 rings (SSSR count). The van der Waals surface area contributed by atoms with Crippen molar-refractivity contribution in [3.63, 3.8) is 0 Å². The zero-order valence-corrected chi connectivity index (χ0v) is 8.74. The first-order chi connectivity index (χ1) is 7.97. The Morgan fingerprint density at radius 1 is 1.41 bits per heavy atom. The van der Waals surface area contributed by atoms with Gasteiger partial charge in [-0.2, -0.15) is 5.26 Å². The Morgan fingerprint density at radius 2 is 2.06 bits per heavy atom. The van der Waals surface area contributed by atoms with E-state index in [1.807, 2.05) is 0 Å². The molecular formula is C11H11NO5. The molecule has 4 N–H and O–H groups in total. The highest BCUT2D eigenvalue weighted by Crippen LogP contribution is 2.28. The van der Waals surface area contributed by atoms with Crippen molar-refractivity contribution in [2.45, 2.75) is 18.6 Å². The summed E-state index contributed by atoms with van der Waals surface area (Å²) in [6.45, 7) is 0. The molecule has 6 heteroatoms. The van der Waals surface area contributed by atoms with Gasteiger partial charge in [0.1, 0.15) is 11.9 Å². The topological polar surface area (TPSA) is 122 Å². The van der Waals surface area contributed by atoms with E-state index in [4.69, 9.17) is 10.4 Å². The third-order valence-corrected chi connectivity index (χ3v) is 2.26. The average molecular weight is 237 g/mol. The van der Waals surface area contributed by atoms with Gasteiger partial charge in [0.15, 0.2) is 0 Å². The highest BCUT2D eigenvalue weighted by Gasteiger charge is 2.22. The molecule has 0 aliphatic carbocycles. The third kappa shape index (κ3) is 2.93. The van der Waals surface area contributed by atoms with E-state index in [1.54, 1.807) is 6.07 Å². The number of aliphatic hydroxyl groups is 2. The van der Waals surface area contributed by atoms with Crippen LogP contribution in [-0.2, 0) is 0 Å². The number of hydrogen-bond donors (Lipinski definition) is 4. The second-order valence-corrected chi connectivity index (χ2v) is 3.45. The van der Waals surface area contributed by atoms with E-state index >= 15 is 0 Å². The van der Waals surface area contributed by atoms with Crippen LogP contribution < -0.4 is 0 Å². The Balaban J connectivity index is 3.08. The fourth-order valence-corrected chi connectivity index (χ4v) is 1.34. The molecule has 0 radical (unpaired) electrons. The standard InChI is InChI=1S/C11H11NO5/c12-4-3-9(14)10(15)7-5-6(11(16)17)1-2-8(7)13/h1-2,5,9-10,13-15H,3H2,(H,16,17). The largest absolute Gasteiger partial charge is 0.508 e. The molecular weight excluding hydrogens is 226 g/mol. The maximum Gasteiger partial charge on any atom is 0.335 e. The SMILES string of the molecule is N#CCC(O)C(O)c1cc(C(=O)O)ccc1O. The lowest BCUT2D eigenvalue weighted by atomic mass is 9.99. The number of aromatic carboxylic acids is 1. The van der Waals surface area contributed by atoms with Crippen LogP contribution in [0, 0.1) is 11.3 Å². The summed E-state index contributed by atoms with van der Waals surface area (Å²) < 4.78 is 0. The normalized spacial score (nSPS) is 13.7. The van der Waals surface area contributed by atoms with E-state index in [0.717, 1.165) is 12.1 Å². The zero-order chi connectivity index (χ0) is 13.0. The van der Waals surface area contributed by atoms with Gasteiger partial charge in [-0.05, 0) is 18.2 Å². The summed E-state index contributed by atoms with van der Waals surface area (Å²) in [5.41, 5.74) is -0.242. The number of aliphatic hydroxyl groups excluding tert-OH is 2. The van der Waals surface area contributed by atoms with Crippen LogP contribution in [0.2, 0.25) is 0 Å². The van der Waals surface area contributed by atoms with Crippen LogP contribution in [-0.4, -0.2) is 32.5 Å². The van der Waals surface area contributed by atoms with E-state index in [9.17, 15) is 20.1 Å². The molecule has 0 fully saturated rings. The molecule has 2 atom stereocenters. The molecule has 1 aromatic rings. The Bertz CT molecular complexity index is 465. The smallest absolute Gasteiger partial charge is 0.335 e. The molecule has 0 aromatic heterocycles. The Kier molecular flexibility index (Phi) is 4.04. The molecule has 0 aliphatic rings. The van der Waals surface area contributed by atoms with Crippen molar-refractivity contribution in [3.8, 4) is 11.8 Å². The number of nitrogens with zero attached hydrogens (tertiary/aromatic N) is 1. The molecule has 6 nitrogen and oxygen atoms in total. The maximum absolute atomic E-state index is 10.7. The van der Waals surface area contributed by atoms with Crippen molar-refractivity contribution in [3.05, 3.63) is 29.3 Å². The molecule has 17 heavy (non-hydrogen) atoms. The molecule has 0 saturated carbocycles. The predicted octanol–water partition coefficient (Wildman–Crippen LogP) is 0.398. The first-order valence-corrected chi connectivity index (χ1v) is 4.76. The Labute approximate surface area is 97.0 Å². The third-order valence-electron chi connectivity index (χ3n) is 2.26. The highest BCUT2D eigenvalue weighted by atomic mass is 16.4. The van der Waals surface area contributed by atoms with Crippen LogP contribution in [0.4, 0.5) is 0 Å². The molecule has 0 saturated heterocycles. The van der Waals surface area contributed by atoms with E-state index < -0.39 is 18.2 Å². The molecule has 0 spiro atoms. The number of phenols is 1. The molecule has 1 aromatic carbocycles. The predicted molar refractivity (Wildman–Crippen MR) is 56.3 cm³/mol. The molecule has 0 amide bonds. The van der Waals surface area contributed by atoms with Crippen molar-refractivity contribution in [2.75, 3.05) is 0 Å². The Morgan fingerprint density at radius 3 is 2.59 bits per heavy atom. The summed E-state index contributed by atoms with van der Waals surface area (Å²) in [4.78, 5) is 10.7. The lowest BCUT2D eigenvalue weighted by molar-refractivity contribution is 0.0202. The maximum atomic E-state index is 10.7. The van der Waals surface area contributed by atoms with Crippen molar-refractivity contribution in [1.29, 1.82) is 5.26 Å². The average Bonchev–Trinajstić information content (AvgIpc) is 2.28. The highest BCUT2D eigenvalue weighted by molar-refractivity contribution is 5.88. The van der Waals surface area contributed by atoms with Crippen LogP contribution in [0.5, 0.6) is 5.75 Å². The summed E-state index contributed by atoms with van der Waals surface area (Å²) in [5, 5.41) is 45.6. The van der Waals surface area contributed by atoms with Gasteiger partial charge in [-0.25, -0.2) is 4.79 Å². The Hall–Kier alpha value is -2.10. The van der Waals surface area contributed by atoms with Crippen LogP contribution >= 0.6 is 0 Å². The summed E-state index contributed by atoms with van der Waals surface area (Å²) in [6.07, 6.45) is -3.21. The zero-order valence-electron chi connectivity index (χ0n) is 8.74. The van der Waals surface area contributed by atoms with Gasteiger partial charge >= 0.3 is 5.97 Å². The van der Waals surface area contributed by atoms with Crippen LogP contribution in [0.1, 0.15) is 28.4 Å². The van der Waals surface area contributed by atoms with Gasteiger partial charge in [0.05, 0.1) is 24.2 Å². The van der Waals surface area contributed by atoms with Crippen LogP contribution in [0.15, 0.2) is 18.2 Å². The van der Waals surface area contributed by atoms with E-state index in [1.165, 1.54) is 6.07 Å². The quantitative estimate of drug-likeness (QED) is 0.601. The van der Waals surface area contributed by atoms with Gasteiger partial charge in [0.25, 0.3) is 0 Å². The fourth-order valence-electron chi connectivity index (χ4n) is 1.34.